The van der Waals surface area contributed by atoms with Gasteiger partial charge in [0.2, 0.25) is 0 Å². The molecule has 8 heteroatoms. The molecule has 2 aromatic rings. The van der Waals surface area contributed by atoms with Crippen molar-refractivity contribution in [1.29, 1.82) is 0 Å². The second kappa shape index (κ2) is 8.79. The summed E-state index contributed by atoms with van der Waals surface area (Å²) < 4.78 is 0. The first-order chi connectivity index (χ1) is 12.8. The number of nitrogens with zero attached hydrogens (tertiary/aromatic N) is 1. The van der Waals surface area contributed by atoms with Gasteiger partial charge in [-0.15, -0.1) is 0 Å². The van der Waals surface area contributed by atoms with Crippen molar-refractivity contribution in [2.24, 2.45) is 5.92 Å². The van der Waals surface area contributed by atoms with Crippen LogP contribution in [0.5, 0.6) is 0 Å². The van der Waals surface area contributed by atoms with Gasteiger partial charge in [0.15, 0.2) is 0 Å². The second-order valence-electron chi connectivity index (χ2n) is 6.36. The Hall–Kier alpha value is -3.42. The van der Waals surface area contributed by atoms with Gasteiger partial charge >= 0.3 is 5.97 Å². The van der Waals surface area contributed by atoms with Gasteiger partial charge in [0.1, 0.15) is 11.7 Å². The molecule has 1 amide bonds. The summed E-state index contributed by atoms with van der Waals surface area (Å²) >= 11 is 0. The second-order valence-corrected chi connectivity index (χ2v) is 6.36. The number of aliphatic carboxylic acids is 1. The third-order valence-electron chi connectivity index (χ3n) is 4.00. The number of carboxylic acid groups (broad SMARTS) is 1. The Morgan fingerprint density at radius 2 is 1.81 bits per heavy atom. The topological polar surface area (TPSA) is 122 Å². The van der Waals surface area contributed by atoms with Gasteiger partial charge in [-0.05, 0) is 23.6 Å². The van der Waals surface area contributed by atoms with E-state index in [4.69, 9.17) is 0 Å². The first kappa shape index (κ1) is 19.9. The SMILES string of the molecule is CC(C)[C@@H](NC(=O)c1ccc(NCc2ccccc2)c([N+](=O)[O-])c1)C(=O)O. The number of nitro benzene ring substituents is 1. The first-order valence-corrected chi connectivity index (χ1v) is 8.39. The Labute approximate surface area is 156 Å². The van der Waals surface area contributed by atoms with E-state index in [0.717, 1.165) is 11.6 Å². The van der Waals surface area contributed by atoms with E-state index in [1.54, 1.807) is 13.8 Å². The van der Waals surface area contributed by atoms with Gasteiger partial charge in [0, 0.05) is 18.2 Å². The normalized spacial score (nSPS) is 11.7. The quantitative estimate of drug-likeness (QED) is 0.484. The number of carbonyl (C=O) groups excluding carboxylic acids is 1. The molecule has 142 valence electrons. The fraction of sp³-hybridized carbons (Fsp3) is 0.263. The number of amides is 1. The zero-order chi connectivity index (χ0) is 20.0. The number of carboxylic acids is 1. The van der Waals surface area contributed by atoms with Crippen LogP contribution < -0.4 is 10.6 Å². The highest BCUT2D eigenvalue weighted by molar-refractivity contribution is 5.97. The van der Waals surface area contributed by atoms with Crippen LogP contribution >= 0.6 is 0 Å². The van der Waals surface area contributed by atoms with E-state index in [-0.39, 0.29) is 22.9 Å². The van der Waals surface area contributed by atoms with Crippen LogP contribution in [0.2, 0.25) is 0 Å². The Morgan fingerprint density at radius 3 is 2.37 bits per heavy atom. The van der Waals surface area contributed by atoms with E-state index < -0.39 is 22.8 Å². The smallest absolute Gasteiger partial charge is 0.326 e. The van der Waals surface area contributed by atoms with Crippen molar-refractivity contribution in [2.45, 2.75) is 26.4 Å². The van der Waals surface area contributed by atoms with Crippen LogP contribution in [0, 0.1) is 16.0 Å². The molecule has 0 bridgehead atoms. The van der Waals surface area contributed by atoms with Gasteiger partial charge in [-0.2, -0.15) is 0 Å². The predicted octanol–water partition coefficient (Wildman–Crippen LogP) is 3.05. The molecule has 0 heterocycles. The maximum absolute atomic E-state index is 12.3. The molecule has 27 heavy (non-hydrogen) atoms. The number of carbonyl (C=O) groups is 2. The lowest BCUT2D eigenvalue weighted by atomic mass is 10.0. The summed E-state index contributed by atoms with van der Waals surface area (Å²) in [6, 6.07) is 12.3. The maximum Gasteiger partial charge on any atom is 0.326 e. The highest BCUT2D eigenvalue weighted by atomic mass is 16.6. The summed E-state index contributed by atoms with van der Waals surface area (Å²) in [5, 5.41) is 25.9. The van der Waals surface area contributed by atoms with E-state index in [0.29, 0.717) is 6.54 Å². The Morgan fingerprint density at radius 1 is 1.15 bits per heavy atom. The highest BCUT2D eigenvalue weighted by Gasteiger charge is 2.25. The lowest BCUT2D eigenvalue weighted by molar-refractivity contribution is -0.384. The minimum absolute atomic E-state index is 0.0267. The molecule has 0 unspecified atom stereocenters. The minimum atomic E-state index is -1.16. The molecule has 1 atom stereocenters. The van der Waals surface area contributed by atoms with Crippen molar-refractivity contribution in [3.63, 3.8) is 0 Å². The minimum Gasteiger partial charge on any atom is -0.480 e. The van der Waals surface area contributed by atoms with Crippen molar-refractivity contribution < 1.29 is 19.6 Å². The molecule has 2 aromatic carbocycles. The molecular formula is C19H21N3O5. The van der Waals surface area contributed by atoms with Crippen molar-refractivity contribution in [1.82, 2.24) is 5.32 Å². The van der Waals surface area contributed by atoms with Crippen LogP contribution in [0.4, 0.5) is 11.4 Å². The molecule has 0 aliphatic heterocycles. The fourth-order valence-electron chi connectivity index (χ4n) is 2.50. The predicted molar refractivity (Wildman–Crippen MR) is 101 cm³/mol. The van der Waals surface area contributed by atoms with Crippen LogP contribution in [0.15, 0.2) is 48.5 Å². The van der Waals surface area contributed by atoms with Crippen molar-refractivity contribution >= 4 is 23.3 Å². The number of anilines is 1. The third kappa shape index (κ3) is 5.27. The van der Waals surface area contributed by atoms with Crippen molar-refractivity contribution in [2.75, 3.05) is 5.32 Å². The van der Waals surface area contributed by atoms with Gasteiger partial charge in [0.05, 0.1) is 4.92 Å². The van der Waals surface area contributed by atoms with Gasteiger partial charge in [-0.25, -0.2) is 4.79 Å². The van der Waals surface area contributed by atoms with Crippen LogP contribution in [0.25, 0.3) is 0 Å². The Bertz CT molecular complexity index is 836. The molecule has 0 spiro atoms. The van der Waals surface area contributed by atoms with E-state index in [2.05, 4.69) is 10.6 Å². The fourth-order valence-corrected chi connectivity index (χ4v) is 2.50. The van der Waals surface area contributed by atoms with Gasteiger partial charge in [-0.1, -0.05) is 44.2 Å². The molecule has 0 aliphatic carbocycles. The number of benzene rings is 2. The summed E-state index contributed by atoms with van der Waals surface area (Å²) in [6.45, 7) is 3.72. The van der Waals surface area contributed by atoms with Crippen molar-refractivity contribution in [3.8, 4) is 0 Å². The number of rotatable bonds is 8. The van der Waals surface area contributed by atoms with E-state index in [1.165, 1.54) is 12.1 Å². The van der Waals surface area contributed by atoms with Crippen molar-refractivity contribution in [3.05, 3.63) is 69.8 Å². The zero-order valence-corrected chi connectivity index (χ0v) is 15.0. The summed E-state index contributed by atoms with van der Waals surface area (Å²) in [7, 11) is 0. The monoisotopic (exact) mass is 371 g/mol. The largest absolute Gasteiger partial charge is 0.480 e. The molecule has 0 aromatic heterocycles. The van der Waals surface area contributed by atoms with E-state index >= 15 is 0 Å². The molecular weight excluding hydrogens is 350 g/mol. The molecule has 2 rings (SSSR count). The Balaban J connectivity index is 2.20. The molecule has 0 fully saturated rings. The molecule has 0 saturated heterocycles. The molecule has 0 saturated carbocycles. The lowest BCUT2D eigenvalue weighted by Crippen LogP contribution is -2.44. The number of hydrogen-bond acceptors (Lipinski definition) is 5. The standard InChI is InChI=1S/C19H21N3O5/c1-12(2)17(19(24)25)21-18(23)14-8-9-15(16(10-14)22(26)27)20-11-13-6-4-3-5-7-13/h3-10,12,17,20H,11H2,1-2H3,(H,21,23)(H,24,25)/t17-/m1/s1. The highest BCUT2D eigenvalue weighted by Crippen LogP contribution is 2.26. The van der Waals surface area contributed by atoms with E-state index in [9.17, 15) is 24.8 Å². The summed E-state index contributed by atoms with van der Waals surface area (Å²) in [4.78, 5) is 34.3. The molecule has 0 aliphatic rings. The number of nitro groups is 1. The average molecular weight is 371 g/mol. The van der Waals surface area contributed by atoms with Crippen LogP contribution in [-0.2, 0) is 11.3 Å². The number of hydrogen-bond donors (Lipinski definition) is 3. The van der Waals surface area contributed by atoms with E-state index in [1.807, 2.05) is 30.3 Å². The maximum atomic E-state index is 12.3. The van der Waals surface area contributed by atoms with Crippen LogP contribution in [0.1, 0.15) is 29.8 Å². The van der Waals surface area contributed by atoms with Gasteiger partial charge in [-0.3, -0.25) is 14.9 Å². The molecule has 8 nitrogen and oxygen atoms in total. The Kier molecular flexibility index (Phi) is 6.48. The van der Waals surface area contributed by atoms with Gasteiger partial charge < -0.3 is 15.7 Å². The molecule has 3 N–H and O–H groups in total. The zero-order valence-electron chi connectivity index (χ0n) is 15.0. The third-order valence-corrected chi connectivity index (χ3v) is 4.00. The summed E-state index contributed by atoms with van der Waals surface area (Å²) in [6.07, 6.45) is 0. The van der Waals surface area contributed by atoms with Crippen LogP contribution in [-0.4, -0.2) is 27.9 Å². The van der Waals surface area contributed by atoms with Crippen LogP contribution in [0.3, 0.4) is 0 Å². The summed E-state index contributed by atoms with van der Waals surface area (Å²) in [5.74, 6) is -2.16. The molecule has 0 radical (unpaired) electrons. The number of nitrogens with one attached hydrogen (secondary N) is 2. The average Bonchev–Trinajstić information content (AvgIpc) is 2.64. The first-order valence-electron chi connectivity index (χ1n) is 8.39. The summed E-state index contributed by atoms with van der Waals surface area (Å²) in [5.41, 5.74) is 1.00. The lowest BCUT2D eigenvalue weighted by Gasteiger charge is -2.18. The van der Waals surface area contributed by atoms with Gasteiger partial charge in [0.25, 0.3) is 11.6 Å².